The summed E-state index contributed by atoms with van der Waals surface area (Å²) in [5.41, 5.74) is 4.82. The molecule has 3 N–H and O–H groups in total. The van der Waals surface area contributed by atoms with Gasteiger partial charge in [-0.25, -0.2) is 13.1 Å². The van der Waals surface area contributed by atoms with Gasteiger partial charge in [-0.1, -0.05) is 0 Å². The van der Waals surface area contributed by atoms with Crippen LogP contribution in [0.4, 0.5) is 11.4 Å². The molecule has 0 aliphatic heterocycles. The second kappa shape index (κ2) is 3.83. The van der Waals surface area contributed by atoms with E-state index in [4.69, 9.17) is 5.73 Å². The van der Waals surface area contributed by atoms with Crippen molar-refractivity contribution < 1.29 is 13.3 Å². The Labute approximate surface area is 86.1 Å². The molecule has 0 spiro atoms. The largest absolute Gasteiger partial charge is 0.393 e. The summed E-state index contributed by atoms with van der Waals surface area (Å²) in [4.78, 5) is 9.58. The van der Waals surface area contributed by atoms with Crippen molar-refractivity contribution in [3.05, 3.63) is 28.3 Å². The van der Waals surface area contributed by atoms with E-state index in [1.54, 1.807) is 0 Å². The fourth-order valence-corrected chi connectivity index (χ4v) is 1.72. The molecule has 1 aromatic rings. The quantitative estimate of drug-likeness (QED) is 0.434. The first-order valence-electron chi connectivity index (χ1n) is 3.86. The minimum atomic E-state index is -3.68. The Hall–Kier alpha value is -1.67. The van der Waals surface area contributed by atoms with E-state index in [0.29, 0.717) is 0 Å². The molecule has 0 aliphatic rings. The zero-order chi connectivity index (χ0) is 11.6. The van der Waals surface area contributed by atoms with Crippen LogP contribution in [-0.2, 0) is 10.0 Å². The summed E-state index contributed by atoms with van der Waals surface area (Å²) in [6, 6.07) is 3.30. The van der Waals surface area contributed by atoms with Gasteiger partial charge in [-0.3, -0.25) is 10.1 Å². The first-order valence-corrected chi connectivity index (χ1v) is 5.34. The maximum Gasteiger partial charge on any atom is 0.293 e. The molecular formula is C7H9N3O4S. The molecule has 0 heterocycles. The molecule has 0 unspecified atom stereocenters. The zero-order valence-corrected chi connectivity index (χ0v) is 8.61. The standard InChI is InChI=1S/C7H9N3O4S/c1-9-15(13,14)5-2-3-6(8)7(4-5)10(11)12/h2-4,9H,8H2,1H3. The summed E-state index contributed by atoms with van der Waals surface area (Å²) in [5, 5.41) is 10.5. The van der Waals surface area contributed by atoms with Crippen LogP contribution in [0.15, 0.2) is 23.1 Å². The van der Waals surface area contributed by atoms with Crippen molar-refractivity contribution in [1.29, 1.82) is 0 Å². The van der Waals surface area contributed by atoms with Gasteiger partial charge in [-0.15, -0.1) is 0 Å². The van der Waals surface area contributed by atoms with Gasteiger partial charge in [0.15, 0.2) is 0 Å². The van der Waals surface area contributed by atoms with E-state index < -0.39 is 20.6 Å². The normalized spacial score (nSPS) is 11.3. The Morgan fingerprint density at radius 1 is 1.47 bits per heavy atom. The van der Waals surface area contributed by atoms with Gasteiger partial charge in [0.05, 0.1) is 9.82 Å². The van der Waals surface area contributed by atoms with Gasteiger partial charge in [-0.05, 0) is 19.2 Å². The number of nitrogens with two attached hydrogens (primary N) is 1. The number of benzene rings is 1. The Balaban J connectivity index is 3.38. The number of hydrogen-bond donors (Lipinski definition) is 2. The lowest BCUT2D eigenvalue weighted by atomic mass is 10.3. The average Bonchev–Trinajstić information content (AvgIpc) is 2.17. The van der Waals surface area contributed by atoms with E-state index in [1.165, 1.54) is 19.2 Å². The van der Waals surface area contributed by atoms with E-state index in [9.17, 15) is 18.5 Å². The van der Waals surface area contributed by atoms with Crippen molar-refractivity contribution in [1.82, 2.24) is 4.72 Å². The third-order valence-corrected chi connectivity index (χ3v) is 3.19. The summed E-state index contributed by atoms with van der Waals surface area (Å²) >= 11 is 0. The van der Waals surface area contributed by atoms with Crippen molar-refractivity contribution in [3.63, 3.8) is 0 Å². The van der Waals surface area contributed by atoms with Crippen LogP contribution < -0.4 is 10.5 Å². The Kier molecular flexibility index (Phi) is 2.91. The summed E-state index contributed by atoms with van der Waals surface area (Å²) in [6.07, 6.45) is 0. The van der Waals surface area contributed by atoms with Gasteiger partial charge in [0.2, 0.25) is 10.0 Å². The van der Waals surface area contributed by atoms with E-state index in [1.807, 2.05) is 0 Å². The minimum Gasteiger partial charge on any atom is -0.393 e. The molecule has 0 fully saturated rings. The molecule has 0 radical (unpaired) electrons. The van der Waals surface area contributed by atoms with Gasteiger partial charge in [0.25, 0.3) is 5.69 Å². The van der Waals surface area contributed by atoms with Gasteiger partial charge in [0.1, 0.15) is 5.69 Å². The number of nitrogens with zero attached hydrogens (tertiary/aromatic N) is 1. The van der Waals surface area contributed by atoms with E-state index >= 15 is 0 Å². The fourth-order valence-electron chi connectivity index (χ4n) is 0.967. The lowest BCUT2D eigenvalue weighted by molar-refractivity contribution is -0.384. The second-order valence-corrected chi connectivity index (χ2v) is 4.57. The van der Waals surface area contributed by atoms with Crippen LogP contribution >= 0.6 is 0 Å². The van der Waals surface area contributed by atoms with Crippen LogP contribution in [0.2, 0.25) is 0 Å². The van der Waals surface area contributed by atoms with Gasteiger partial charge < -0.3 is 5.73 Å². The monoisotopic (exact) mass is 231 g/mol. The summed E-state index contributed by atoms with van der Waals surface area (Å²) in [6.45, 7) is 0. The Morgan fingerprint density at radius 3 is 2.53 bits per heavy atom. The molecule has 1 aromatic carbocycles. The first kappa shape index (κ1) is 11.4. The third-order valence-electron chi connectivity index (χ3n) is 1.78. The molecule has 82 valence electrons. The van der Waals surface area contributed by atoms with E-state index in [-0.39, 0.29) is 10.6 Å². The SMILES string of the molecule is CNS(=O)(=O)c1ccc(N)c([N+](=O)[O-])c1. The van der Waals surface area contributed by atoms with Gasteiger partial charge in [-0.2, -0.15) is 0 Å². The van der Waals surface area contributed by atoms with Crippen LogP contribution in [0.1, 0.15) is 0 Å². The van der Waals surface area contributed by atoms with Crippen LogP contribution in [0.3, 0.4) is 0 Å². The number of rotatable bonds is 3. The topological polar surface area (TPSA) is 115 Å². The number of nitrogen functional groups attached to an aromatic ring is 1. The van der Waals surface area contributed by atoms with Crippen molar-refractivity contribution in [3.8, 4) is 0 Å². The van der Waals surface area contributed by atoms with E-state index in [0.717, 1.165) is 6.07 Å². The zero-order valence-electron chi connectivity index (χ0n) is 7.80. The predicted octanol–water partition coefficient (Wildman–Crippen LogP) is 0.0851. The maximum atomic E-state index is 11.3. The molecule has 15 heavy (non-hydrogen) atoms. The fraction of sp³-hybridized carbons (Fsp3) is 0.143. The molecule has 0 aliphatic carbocycles. The predicted molar refractivity (Wildman–Crippen MR) is 53.8 cm³/mol. The van der Waals surface area contributed by atoms with Gasteiger partial charge in [0, 0.05) is 6.07 Å². The first-order chi connectivity index (χ1) is 6.88. The Bertz CT molecular complexity index is 497. The smallest absolute Gasteiger partial charge is 0.293 e. The minimum absolute atomic E-state index is 0.0740. The van der Waals surface area contributed by atoms with Crippen LogP contribution in [0, 0.1) is 10.1 Å². The Morgan fingerprint density at radius 2 is 2.07 bits per heavy atom. The van der Waals surface area contributed by atoms with Crippen molar-refractivity contribution in [2.75, 3.05) is 12.8 Å². The summed E-state index contributed by atoms with van der Waals surface area (Å²) < 4.78 is 24.7. The molecule has 0 saturated heterocycles. The third kappa shape index (κ3) is 2.22. The molecule has 0 amide bonds. The molecular weight excluding hydrogens is 222 g/mol. The lowest BCUT2D eigenvalue weighted by Gasteiger charge is -2.03. The molecule has 0 saturated carbocycles. The van der Waals surface area contributed by atoms with E-state index in [2.05, 4.69) is 4.72 Å². The molecule has 7 nitrogen and oxygen atoms in total. The highest BCUT2D eigenvalue weighted by molar-refractivity contribution is 7.89. The molecule has 0 aromatic heterocycles. The molecule has 1 rings (SSSR count). The van der Waals surface area contributed by atoms with Crippen LogP contribution in [-0.4, -0.2) is 20.4 Å². The highest BCUT2D eigenvalue weighted by atomic mass is 32.2. The number of nitrogens with one attached hydrogen (secondary N) is 1. The van der Waals surface area contributed by atoms with Crippen molar-refractivity contribution in [2.45, 2.75) is 4.90 Å². The summed E-state index contributed by atoms with van der Waals surface area (Å²) in [7, 11) is -2.46. The molecule has 8 heteroatoms. The highest BCUT2D eigenvalue weighted by Crippen LogP contribution is 2.24. The van der Waals surface area contributed by atoms with Gasteiger partial charge >= 0.3 is 0 Å². The number of nitro benzene ring substituents is 1. The van der Waals surface area contributed by atoms with Crippen molar-refractivity contribution in [2.24, 2.45) is 0 Å². The number of hydrogen-bond acceptors (Lipinski definition) is 5. The summed E-state index contributed by atoms with van der Waals surface area (Å²) in [5.74, 6) is 0. The lowest BCUT2D eigenvalue weighted by Crippen LogP contribution is -2.18. The molecule has 0 bridgehead atoms. The van der Waals surface area contributed by atoms with Crippen LogP contribution in [0.25, 0.3) is 0 Å². The highest BCUT2D eigenvalue weighted by Gasteiger charge is 2.18. The molecule has 0 atom stereocenters. The average molecular weight is 231 g/mol. The number of nitro groups is 1. The number of anilines is 1. The van der Waals surface area contributed by atoms with Crippen LogP contribution in [0.5, 0.6) is 0 Å². The maximum absolute atomic E-state index is 11.3. The number of sulfonamides is 1. The van der Waals surface area contributed by atoms with Crippen molar-refractivity contribution >= 4 is 21.4 Å². The second-order valence-electron chi connectivity index (χ2n) is 2.69.